The third-order valence-corrected chi connectivity index (χ3v) is 2.83. The molecule has 124 valence electrons. The molecule has 0 saturated carbocycles. The minimum absolute atomic E-state index is 0.0901. The SMILES string of the molecule is N#CC(C(=O)O)C(=S)Nc1cc(C(F)(F)F)cc(C(F)(F)F)c1. The van der Waals surface area contributed by atoms with Crippen LogP contribution in [0.25, 0.3) is 0 Å². The van der Waals surface area contributed by atoms with Crippen molar-refractivity contribution in [1.82, 2.24) is 0 Å². The largest absolute Gasteiger partial charge is 0.480 e. The molecule has 0 bridgehead atoms. The highest BCUT2D eigenvalue weighted by molar-refractivity contribution is 7.80. The van der Waals surface area contributed by atoms with E-state index in [9.17, 15) is 31.1 Å². The number of anilines is 1. The zero-order valence-corrected chi connectivity index (χ0v) is 11.6. The van der Waals surface area contributed by atoms with Crippen molar-refractivity contribution in [3.8, 4) is 6.07 Å². The van der Waals surface area contributed by atoms with Crippen molar-refractivity contribution in [2.75, 3.05) is 5.32 Å². The Kier molecular flexibility index (Phi) is 5.21. The molecule has 0 radical (unpaired) electrons. The average Bonchev–Trinajstić information content (AvgIpc) is 2.36. The van der Waals surface area contributed by atoms with Crippen LogP contribution in [0, 0.1) is 17.2 Å². The number of carboxylic acid groups (broad SMARTS) is 1. The number of carbonyl (C=O) groups is 1. The minimum Gasteiger partial charge on any atom is -0.480 e. The number of thiocarbonyl (C=S) groups is 1. The number of nitrogens with one attached hydrogen (secondary N) is 1. The predicted octanol–water partition coefficient (Wildman–Crippen LogP) is 3.69. The molecule has 11 heteroatoms. The predicted molar refractivity (Wildman–Crippen MR) is 69.4 cm³/mol. The lowest BCUT2D eigenvalue weighted by Crippen LogP contribution is -2.27. The van der Waals surface area contributed by atoms with Gasteiger partial charge < -0.3 is 10.4 Å². The minimum atomic E-state index is -5.05. The fraction of sp³-hybridized carbons (Fsp3) is 0.250. The highest BCUT2D eigenvalue weighted by Gasteiger charge is 2.37. The molecular formula is C12H6F6N2O2S. The molecule has 1 unspecified atom stereocenters. The molecule has 0 aliphatic carbocycles. The summed E-state index contributed by atoms with van der Waals surface area (Å²) in [5.74, 6) is -3.60. The Morgan fingerprint density at radius 3 is 1.87 bits per heavy atom. The average molecular weight is 356 g/mol. The number of aliphatic carboxylic acids is 1. The van der Waals surface area contributed by atoms with Crippen molar-refractivity contribution in [2.45, 2.75) is 12.4 Å². The van der Waals surface area contributed by atoms with E-state index >= 15 is 0 Å². The number of nitriles is 1. The molecule has 0 saturated heterocycles. The number of nitrogens with zero attached hydrogens (tertiary/aromatic N) is 1. The summed E-state index contributed by atoms with van der Waals surface area (Å²) in [6, 6.07) is 1.84. The molecule has 1 rings (SSSR count). The van der Waals surface area contributed by atoms with E-state index in [4.69, 9.17) is 10.4 Å². The van der Waals surface area contributed by atoms with Crippen LogP contribution in [0.4, 0.5) is 32.0 Å². The molecule has 1 atom stereocenters. The topological polar surface area (TPSA) is 73.1 Å². The highest BCUT2D eigenvalue weighted by Crippen LogP contribution is 2.37. The molecule has 23 heavy (non-hydrogen) atoms. The van der Waals surface area contributed by atoms with Gasteiger partial charge in [0.05, 0.1) is 17.2 Å². The van der Waals surface area contributed by atoms with Crippen LogP contribution in [0.2, 0.25) is 0 Å². The second-order valence-corrected chi connectivity index (χ2v) is 4.62. The van der Waals surface area contributed by atoms with Crippen LogP contribution < -0.4 is 5.32 Å². The lowest BCUT2D eigenvalue weighted by atomic mass is 10.1. The van der Waals surface area contributed by atoms with Crippen molar-refractivity contribution in [2.24, 2.45) is 5.92 Å². The standard InChI is InChI=1S/C12H6F6N2O2S/c13-11(14,15)5-1-6(12(16,17)18)3-7(2-5)20-9(23)8(4-19)10(21)22/h1-3,8H,(H,20,23)(H,21,22). The van der Waals surface area contributed by atoms with Crippen molar-refractivity contribution in [1.29, 1.82) is 5.26 Å². The molecule has 2 N–H and O–H groups in total. The van der Waals surface area contributed by atoms with E-state index in [0.29, 0.717) is 12.1 Å². The maximum atomic E-state index is 12.7. The van der Waals surface area contributed by atoms with Gasteiger partial charge in [-0.3, -0.25) is 4.79 Å². The summed E-state index contributed by atoms with van der Waals surface area (Å²) >= 11 is 4.53. The third-order valence-electron chi connectivity index (χ3n) is 2.49. The Hall–Kier alpha value is -2.35. The summed E-state index contributed by atoms with van der Waals surface area (Å²) in [4.78, 5) is 9.98. The van der Waals surface area contributed by atoms with Crippen LogP contribution in [0.1, 0.15) is 11.1 Å². The van der Waals surface area contributed by atoms with Crippen molar-refractivity contribution >= 4 is 28.9 Å². The molecule has 4 nitrogen and oxygen atoms in total. The number of benzene rings is 1. The van der Waals surface area contributed by atoms with Gasteiger partial charge in [0.1, 0.15) is 4.99 Å². The van der Waals surface area contributed by atoms with Gasteiger partial charge in [0.25, 0.3) is 0 Å². The van der Waals surface area contributed by atoms with Gasteiger partial charge in [-0.05, 0) is 18.2 Å². The van der Waals surface area contributed by atoms with E-state index in [-0.39, 0.29) is 6.07 Å². The van der Waals surface area contributed by atoms with Gasteiger partial charge in [-0.25, -0.2) is 0 Å². The van der Waals surface area contributed by atoms with Gasteiger partial charge in [0, 0.05) is 5.69 Å². The fourth-order valence-corrected chi connectivity index (χ4v) is 1.74. The number of hydrogen-bond donors (Lipinski definition) is 2. The first-order valence-corrected chi connectivity index (χ1v) is 6.00. The molecule has 0 fully saturated rings. The summed E-state index contributed by atoms with van der Waals surface area (Å²) in [6.45, 7) is 0. The molecule has 0 aliphatic rings. The van der Waals surface area contributed by atoms with Crippen LogP contribution in [-0.2, 0) is 17.1 Å². The number of hydrogen-bond acceptors (Lipinski definition) is 3. The molecule has 1 aromatic carbocycles. The van der Waals surface area contributed by atoms with Crippen LogP contribution in [-0.4, -0.2) is 16.1 Å². The van der Waals surface area contributed by atoms with E-state index in [0.717, 1.165) is 0 Å². The summed E-state index contributed by atoms with van der Waals surface area (Å²) in [7, 11) is 0. The molecule has 0 heterocycles. The molecule has 0 aromatic heterocycles. The molecule has 0 amide bonds. The quantitative estimate of drug-likeness (QED) is 0.638. The molecule has 1 aromatic rings. The monoisotopic (exact) mass is 356 g/mol. The van der Waals surface area contributed by atoms with E-state index in [1.807, 2.05) is 5.32 Å². The Bertz CT molecular complexity index is 645. The van der Waals surface area contributed by atoms with Crippen molar-refractivity contribution in [3.05, 3.63) is 29.3 Å². The lowest BCUT2D eigenvalue weighted by Gasteiger charge is -2.16. The van der Waals surface area contributed by atoms with Gasteiger partial charge in [0.15, 0.2) is 5.92 Å². The number of halogens is 6. The van der Waals surface area contributed by atoms with Gasteiger partial charge in [-0.1, -0.05) is 12.2 Å². The van der Waals surface area contributed by atoms with Crippen LogP contribution in [0.5, 0.6) is 0 Å². The van der Waals surface area contributed by atoms with Gasteiger partial charge in [-0.2, -0.15) is 31.6 Å². The first-order valence-electron chi connectivity index (χ1n) is 5.59. The summed E-state index contributed by atoms with van der Waals surface area (Å²) < 4.78 is 75.9. The van der Waals surface area contributed by atoms with Gasteiger partial charge in [0.2, 0.25) is 0 Å². The van der Waals surface area contributed by atoms with E-state index < -0.39 is 46.0 Å². The second kappa shape index (κ2) is 6.41. The normalized spacial score (nSPS) is 13.1. The maximum absolute atomic E-state index is 12.7. The zero-order valence-electron chi connectivity index (χ0n) is 10.8. The summed E-state index contributed by atoms with van der Waals surface area (Å²) in [5, 5.41) is 19.2. The first kappa shape index (κ1) is 18.7. The lowest BCUT2D eigenvalue weighted by molar-refractivity contribution is -0.143. The van der Waals surface area contributed by atoms with E-state index in [1.54, 1.807) is 0 Å². The zero-order chi connectivity index (χ0) is 18.0. The molecule has 0 spiro atoms. The smallest absolute Gasteiger partial charge is 0.416 e. The summed E-state index contributed by atoms with van der Waals surface area (Å²) in [6.07, 6.45) is -10.1. The molecular weight excluding hydrogens is 350 g/mol. The highest BCUT2D eigenvalue weighted by atomic mass is 32.1. The maximum Gasteiger partial charge on any atom is 0.416 e. The summed E-state index contributed by atoms with van der Waals surface area (Å²) in [5.41, 5.74) is -3.92. The Morgan fingerprint density at radius 1 is 1.13 bits per heavy atom. The van der Waals surface area contributed by atoms with Crippen LogP contribution in [0.3, 0.4) is 0 Å². The van der Waals surface area contributed by atoms with E-state index in [2.05, 4.69) is 12.2 Å². The third kappa shape index (κ3) is 4.82. The molecule has 0 aliphatic heterocycles. The second-order valence-electron chi connectivity index (χ2n) is 4.18. The number of alkyl halides is 6. The van der Waals surface area contributed by atoms with Gasteiger partial charge in [-0.15, -0.1) is 0 Å². The Labute approximate surface area is 130 Å². The Balaban J connectivity index is 3.29. The van der Waals surface area contributed by atoms with E-state index in [1.165, 1.54) is 6.07 Å². The van der Waals surface area contributed by atoms with Crippen LogP contribution >= 0.6 is 12.2 Å². The van der Waals surface area contributed by atoms with Crippen molar-refractivity contribution < 1.29 is 36.2 Å². The number of carboxylic acids is 1. The number of rotatable bonds is 3. The van der Waals surface area contributed by atoms with Crippen LogP contribution in [0.15, 0.2) is 18.2 Å². The fourth-order valence-electron chi connectivity index (χ4n) is 1.47. The van der Waals surface area contributed by atoms with Gasteiger partial charge >= 0.3 is 18.3 Å². The Morgan fingerprint density at radius 2 is 1.57 bits per heavy atom. The van der Waals surface area contributed by atoms with Crippen molar-refractivity contribution in [3.63, 3.8) is 0 Å². The first-order chi connectivity index (χ1) is 10.4.